The quantitative estimate of drug-likeness (QED) is 0.439. The molecule has 1 saturated heterocycles. The maximum Gasteiger partial charge on any atom is 0.508 e. The van der Waals surface area contributed by atoms with Crippen LogP contribution in [0.3, 0.4) is 0 Å². The topological polar surface area (TPSA) is 65.1 Å². The molecule has 0 aliphatic carbocycles. The Morgan fingerprint density at radius 2 is 2.05 bits per heavy atom. The third kappa shape index (κ3) is 5.34. The number of nitrogens with zero attached hydrogens (tertiary/aromatic N) is 1. The molecular formula is C13H17NO5. The largest absolute Gasteiger partial charge is 0.508 e. The summed E-state index contributed by atoms with van der Waals surface area (Å²) >= 11 is 0. The highest BCUT2D eigenvalue weighted by Crippen LogP contribution is 2.15. The summed E-state index contributed by atoms with van der Waals surface area (Å²) in [5, 5.41) is 0. The van der Waals surface area contributed by atoms with Crippen molar-refractivity contribution in [3.05, 3.63) is 12.7 Å². The van der Waals surface area contributed by atoms with Gasteiger partial charge in [-0.05, 0) is 0 Å². The van der Waals surface area contributed by atoms with Crippen molar-refractivity contribution in [3.63, 3.8) is 0 Å². The molecule has 0 saturated carbocycles. The van der Waals surface area contributed by atoms with Crippen LogP contribution in [-0.4, -0.2) is 49.6 Å². The Balaban J connectivity index is 2.25. The van der Waals surface area contributed by atoms with E-state index < -0.39 is 12.2 Å². The van der Waals surface area contributed by atoms with Crippen LogP contribution in [-0.2, 0) is 14.2 Å². The van der Waals surface area contributed by atoms with Crippen LogP contribution in [0, 0.1) is 12.3 Å². The lowest BCUT2D eigenvalue weighted by molar-refractivity contribution is 0.00446. The summed E-state index contributed by atoms with van der Waals surface area (Å²) in [5.41, 5.74) is 0. The first kappa shape index (κ1) is 14.9. The highest BCUT2D eigenvalue weighted by atomic mass is 16.7. The van der Waals surface area contributed by atoms with Crippen molar-refractivity contribution in [1.29, 1.82) is 0 Å². The fourth-order valence-electron chi connectivity index (χ4n) is 1.65. The molecule has 0 radical (unpaired) electrons. The van der Waals surface area contributed by atoms with Crippen molar-refractivity contribution in [3.8, 4) is 12.3 Å². The van der Waals surface area contributed by atoms with Crippen LogP contribution in [0.2, 0.25) is 0 Å². The van der Waals surface area contributed by atoms with E-state index >= 15 is 0 Å². The average molecular weight is 267 g/mol. The third-order valence-electron chi connectivity index (χ3n) is 2.56. The molecule has 0 unspecified atom stereocenters. The van der Waals surface area contributed by atoms with Gasteiger partial charge in [0, 0.05) is 25.9 Å². The molecule has 19 heavy (non-hydrogen) atoms. The zero-order valence-electron chi connectivity index (χ0n) is 10.7. The molecule has 0 aromatic rings. The van der Waals surface area contributed by atoms with Crippen molar-refractivity contribution in [1.82, 2.24) is 4.90 Å². The molecule has 1 heterocycles. The minimum absolute atomic E-state index is 0.0386. The zero-order valence-corrected chi connectivity index (χ0v) is 10.7. The Labute approximate surface area is 112 Å². The second kappa shape index (κ2) is 8.03. The molecule has 6 heteroatoms. The fraction of sp³-hybridized carbons (Fsp3) is 0.538. The van der Waals surface area contributed by atoms with Gasteiger partial charge in [0.25, 0.3) is 0 Å². The van der Waals surface area contributed by atoms with Gasteiger partial charge in [-0.15, -0.1) is 6.42 Å². The SMILES string of the molecule is C#CCOC(=O)N1CCC(OC(=O)OCC=C)CC1. The molecule has 1 aliphatic heterocycles. The lowest BCUT2D eigenvalue weighted by Gasteiger charge is -2.30. The highest BCUT2D eigenvalue weighted by molar-refractivity contribution is 5.68. The number of terminal acetylenes is 1. The minimum Gasteiger partial charge on any atom is -0.436 e. The van der Waals surface area contributed by atoms with Gasteiger partial charge in [-0.1, -0.05) is 18.6 Å². The summed E-state index contributed by atoms with van der Waals surface area (Å²) in [4.78, 5) is 24.2. The van der Waals surface area contributed by atoms with Crippen molar-refractivity contribution >= 4 is 12.2 Å². The third-order valence-corrected chi connectivity index (χ3v) is 2.56. The number of hydrogen-bond donors (Lipinski definition) is 0. The first-order chi connectivity index (χ1) is 9.17. The summed E-state index contributed by atoms with van der Waals surface area (Å²) in [6.07, 6.45) is 6.17. The van der Waals surface area contributed by atoms with E-state index in [1.807, 2.05) is 0 Å². The van der Waals surface area contributed by atoms with Crippen molar-refractivity contribution in [2.75, 3.05) is 26.3 Å². The van der Waals surface area contributed by atoms with Gasteiger partial charge in [0.15, 0.2) is 6.61 Å². The number of piperidine rings is 1. The Bertz CT molecular complexity index is 366. The number of rotatable bonds is 4. The van der Waals surface area contributed by atoms with Crippen LogP contribution in [0.5, 0.6) is 0 Å². The Kier molecular flexibility index (Phi) is 6.30. The minimum atomic E-state index is -0.715. The van der Waals surface area contributed by atoms with Gasteiger partial charge in [0.05, 0.1) is 0 Å². The van der Waals surface area contributed by atoms with Gasteiger partial charge < -0.3 is 19.1 Å². The van der Waals surface area contributed by atoms with Crippen LogP contribution >= 0.6 is 0 Å². The fourth-order valence-corrected chi connectivity index (χ4v) is 1.65. The van der Waals surface area contributed by atoms with Gasteiger partial charge >= 0.3 is 12.2 Å². The number of ether oxygens (including phenoxy) is 3. The summed E-state index contributed by atoms with van der Waals surface area (Å²) < 4.78 is 14.6. The normalized spacial score (nSPS) is 15.2. The Morgan fingerprint density at radius 1 is 1.37 bits per heavy atom. The lowest BCUT2D eigenvalue weighted by atomic mass is 10.1. The molecule has 6 nitrogen and oxygen atoms in total. The van der Waals surface area contributed by atoms with E-state index in [4.69, 9.17) is 20.6 Å². The first-order valence-electron chi connectivity index (χ1n) is 5.96. The molecule has 1 rings (SSSR count). The number of amides is 1. The van der Waals surface area contributed by atoms with Crippen LogP contribution < -0.4 is 0 Å². The number of likely N-dealkylation sites (tertiary alicyclic amines) is 1. The van der Waals surface area contributed by atoms with Gasteiger partial charge in [-0.2, -0.15) is 0 Å². The van der Waals surface area contributed by atoms with Crippen LogP contribution in [0.25, 0.3) is 0 Å². The number of carbonyl (C=O) groups excluding carboxylic acids is 2. The molecule has 1 amide bonds. The maximum atomic E-state index is 11.5. The van der Waals surface area contributed by atoms with Crippen LogP contribution in [0.1, 0.15) is 12.8 Å². The van der Waals surface area contributed by atoms with Crippen LogP contribution in [0.4, 0.5) is 9.59 Å². The second-order valence-corrected chi connectivity index (χ2v) is 3.91. The van der Waals surface area contributed by atoms with E-state index in [9.17, 15) is 9.59 Å². The van der Waals surface area contributed by atoms with Crippen molar-refractivity contribution < 1.29 is 23.8 Å². The van der Waals surface area contributed by atoms with Gasteiger partial charge in [0.1, 0.15) is 12.7 Å². The Morgan fingerprint density at radius 3 is 2.63 bits per heavy atom. The zero-order chi connectivity index (χ0) is 14.1. The van der Waals surface area contributed by atoms with Crippen molar-refractivity contribution in [2.45, 2.75) is 18.9 Å². The van der Waals surface area contributed by atoms with E-state index in [1.165, 1.54) is 11.0 Å². The number of hydrogen-bond acceptors (Lipinski definition) is 5. The van der Waals surface area contributed by atoms with E-state index in [1.54, 1.807) is 0 Å². The summed E-state index contributed by atoms with van der Waals surface area (Å²) in [6, 6.07) is 0. The summed E-state index contributed by atoms with van der Waals surface area (Å²) in [5.74, 6) is 2.23. The second-order valence-electron chi connectivity index (χ2n) is 3.91. The maximum absolute atomic E-state index is 11.5. The molecule has 0 atom stereocenters. The molecule has 0 aromatic carbocycles. The molecule has 1 fully saturated rings. The monoisotopic (exact) mass is 267 g/mol. The standard InChI is InChI=1S/C13H17NO5/c1-3-9-17-12(15)14-7-5-11(6-8-14)19-13(16)18-10-4-2/h1,4,11H,2,5-10H2. The summed E-state index contributed by atoms with van der Waals surface area (Å²) in [7, 11) is 0. The lowest BCUT2D eigenvalue weighted by Crippen LogP contribution is -2.41. The molecule has 1 aliphatic rings. The van der Waals surface area contributed by atoms with Gasteiger partial charge in [-0.25, -0.2) is 9.59 Å². The van der Waals surface area contributed by atoms with Crippen molar-refractivity contribution in [2.24, 2.45) is 0 Å². The first-order valence-corrected chi connectivity index (χ1v) is 5.96. The highest BCUT2D eigenvalue weighted by Gasteiger charge is 2.26. The molecule has 0 N–H and O–H groups in total. The average Bonchev–Trinajstić information content (AvgIpc) is 2.43. The Hall–Kier alpha value is -2.16. The number of carbonyl (C=O) groups is 2. The molecule has 0 bridgehead atoms. The molecule has 0 aromatic heterocycles. The van der Waals surface area contributed by atoms with E-state index in [-0.39, 0.29) is 19.3 Å². The summed E-state index contributed by atoms with van der Waals surface area (Å²) in [6.45, 7) is 4.43. The van der Waals surface area contributed by atoms with Crippen LogP contribution in [0.15, 0.2) is 12.7 Å². The van der Waals surface area contributed by atoms with E-state index in [0.717, 1.165) is 0 Å². The van der Waals surface area contributed by atoms with Gasteiger partial charge in [0.2, 0.25) is 0 Å². The molecular weight excluding hydrogens is 250 g/mol. The molecule has 0 spiro atoms. The predicted molar refractivity (Wildman–Crippen MR) is 67.4 cm³/mol. The predicted octanol–water partition coefficient (Wildman–Crippen LogP) is 1.56. The van der Waals surface area contributed by atoms with Gasteiger partial charge in [-0.3, -0.25) is 0 Å². The smallest absolute Gasteiger partial charge is 0.436 e. The van der Waals surface area contributed by atoms with E-state index in [2.05, 4.69) is 12.5 Å². The molecule has 104 valence electrons. The van der Waals surface area contributed by atoms with E-state index in [0.29, 0.717) is 25.9 Å².